The summed E-state index contributed by atoms with van der Waals surface area (Å²) in [6, 6.07) is 1.90. The summed E-state index contributed by atoms with van der Waals surface area (Å²) in [7, 11) is -3.63. The summed E-state index contributed by atoms with van der Waals surface area (Å²) in [5.41, 5.74) is 0. The molecule has 0 bridgehead atoms. The van der Waals surface area contributed by atoms with Gasteiger partial charge in [-0.1, -0.05) is 30.8 Å². The maximum absolute atomic E-state index is 13.3. The Hall–Kier alpha value is -1.78. The highest BCUT2D eigenvalue weighted by Gasteiger charge is 2.34. The average Bonchev–Trinajstić information content (AvgIpc) is 3.26. The number of aromatic nitrogens is 2. The van der Waals surface area contributed by atoms with Gasteiger partial charge >= 0.3 is 0 Å². The van der Waals surface area contributed by atoms with Gasteiger partial charge in [-0.2, -0.15) is 9.29 Å². The Morgan fingerprint density at radius 1 is 1.13 bits per heavy atom. The number of piperidine rings is 1. The van der Waals surface area contributed by atoms with Gasteiger partial charge in [0.15, 0.2) is 0 Å². The highest BCUT2D eigenvalue weighted by Crippen LogP contribution is 2.35. The molecule has 1 aliphatic carbocycles. The average molecular weight is 467 g/mol. The van der Waals surface area contributed by atoms with Gasteiger partial charge < -0.3 is 9.84 Å². The Balaban J connectivity index is 1.39. The second-order valence-corrected chi connectivity index (χ2v) is 11.7. The summed E-state index contributed by atoms with van der Waals surface area (Å²) in [5.74, 6) is 0.817. The minimum Gasteiger partial charge on any atom is -0.353 e. The molecule has 0 radical (unpaired) electrons. The maximum Gasteiger partial charge on any atom is 0.244 e. The van der Waals surface area contributed by atoms with E-state index in [9.17, 15) is 13.2 Å². The number of hydrogen-bond acceptors (Lipinski definition) is 7. The summed E-state index contributed by atoms with van der Waals surface area (Å²) in [5, 5.41) is 7.11. The molecule has 2 aromatic heterocycles. The van der Waals surface area contributed by atoms with Crippen molar-refractivity contribution in [1.82, 2.24) is 19.8 Å². The third-order valence-electron chi connectivity index (χ3n) is 6.26. The minimum absolute atomic E-state index is 0.0884. The van der Waals surface area contributed by atoms with E-state index in [1.165, 1.54) is 41.3 Å². The third kappa shape index (κ3) is 5.01. The van der Waals surface area contributed by atoms with Crippen LogP contribution < -0.4 is 5.32 Å². The first-order chi connectivity index (χ1) is 14.8. The molecule has 2 fully saturated rings. The van der Waals surface area contributed by atoms with Crippen LogP contribution in [0.1, 0.15) is 62.1 Å². The first kappa shape index (κ1) is 22.4. The quantitative estimate of drug-likeness (QED) is 0.674. The smallest absolute Gasteiger partial charge is 0.244 e. The van der Waals surface area contributed by atoms with Crippen LogP contribution in [0.2, 0.25) is 0 Å². The lowest BCUT2D eigenvalue weighted by Crippen LogP contribution is -2.45. The van der Waals surface area contributed by atoms with Gasteiger partial charge in [-0.05, 0) is 38.7 Å². The van der Waals surface area contributed by atoms with Crippen LogP contribution in [0.3, 0.4) is 0 Å². The Morgan fingerprint density at radius 3 is 2.42 bits per heavy atom. The van der Waals surface area contributed by atoms with Crippen LogP contribution >= 0.6 is 11.3 Å². The summed E-state index contributed by atoms with van der Waals surface area (Å²) >= 11 is 1.34. The van der Waals surface area contributed by atoms with E-state index in [0.717, 1.165) is 12.8 Å². The highest BCUT2D eigenvalue weighted by molar-refractivity contribution is 7.89. The summed E-state index contributed by atoms with van der Waals surface area (Å²) in [6.07, 6.45) is 8.06. The SMILES string of the molecule is Cc1nc(-c2cc(S(=O)(=O)N3CCC(C(=O)NC4CCCCCC4)CC3)c(C)s2)no1. The van der Waals surface area contributed by atoms with E-state index in [1.807, 2.05) is 0 Å². The predicted molar refractivity (Wildman–Crippen MR) is 118 cm³/mol. The highest BCUT2D eigenvalue weighted by atomic mass is 32.2. The molecule has 0 unspecified atom stereocenters. The lowest BCUT2D eigenvalue weighted by molar-refractivity contribution is -0.126. The first-order valence-corrected chi connectivity index (χ1v) is 13.3. The van der Waals surface area contributed by atoms with E-state index >= 15 is 0 Å². The number of amides is 1. The van der Waals surface area contributed by atoms with Crippen LogP contribution in [0, 0.1) is 19.8 Å². The number of sulfonamides is 1. The molecular weight excluding hydrogens is 436 g/mol. The van der Waals surface area contributed by atoms with Gasteiger partial charge in [-0.3, -0.25) is 4.79 Å². The fourth-order valence-electron chi connectivity index (χ4n) is 4.47. The molecule has 0 aromatic carbocycles. The van der Waals surface area contributed by atoms with Crippen molar-refractivity contribution >= 4 is 27.3 Å². The van der Waals surface area contributed by atoms with E-state index in [0.29, 0.717) is 47.4 Å². The molecule has 170 valence electrons. The Labute approximate surface area is 187 Å². The Morgan fingerprint density at radius 2 is 1.81 bits per heavy atom. The van der Waals surface area contributed by atoms with Crippen molar-refractivity contribution in [3.8, 4) is 10.7 Å². The monoisotopic (exact) mass is 466 g/mol. The largest absolute Gasteiger partial charge is 0.353 e. The van der Waals surface area contributed by atoms with Crippen molar-refractivity contribution in [3.05, 3.63) is 16.8 Å². The standard InChI is InChI=1S/C21H30N4O4S2/c1-14-19(13-18(30-14)20-22-15(2)29-24-20)31(27,28)25-11-9-16(10-12-25)21(26)23-17-7-5-3-4-6-8-17/h13,16-17H,3-12H2,1-2H3,(H,23,26). The second kappa shape index (κ2) is 9.38. The van der Waals surface area contributed by atoms with Gasteiger partial charge in [0.2, 0.25) is 27.6 Å². The number of aryl methyl sites for hydroxylation is 2. The molecule has 1 saturated heterocycles. The van der Waals surface area contributed by atoms with Gasteiger partial charge in [-0.25, -0.2) is 8.42 Å². The number of carbonyl (C=O) groups is 1. The minimum atomic E-state index is -3.63. The fraction of sp³-hybridized carbons (Fsp3) is 0.667. The molecule has 31 heavy (non-hydrogen) atoms. The van der Waals surface area contributed by atoms with E-state index in [1.54, 1.807) is 19.9 Å². The van der Waals surface area contributed by atoms with Crippen molar-refractivity contribution in [2.45, 2.75) is 76.2 Å². The van der Waals surface area contributed by atoms with Crippen LogP contribution in [0.5, 0.6) is 0 Å². The van der Waals surface area contributed by atoms with Crippen molar-refractivity contribution in [3.63, 3.8) is 0 Å². The normalized spacial score (nSPS) is 19.9. The zero-order valence-electron chi connectivity index (χ0n) is 18.1. The number of rotatable bonds is 5. The third-order valence-corrected chi connectivity index (χ3v) is 9.46. The van der Waals surface area contributed by atoms with Crippen LogP contribution in [-0.4, -0.2) is 47.9 Å². The van der Waals surface area contributed by atoms with Crippen LogP contribution in [-0.2, 0) is 14.8 Å². The van der Waals surface area contributed by atoms with Gasteiger partial charge in [0.25, 0.3) is 0 Å². The molecule has 1 amide bonds. The molecule has 10 heteroatoms. The van der Waals surface area contributed by atoms with Crippen molar-refractivity contribution in [1.29, 1.82) is 0 Å². The van der Waals surface area contributed by atoms with Gasteiger partial charge in [0, 0.05) is 36.9 Å². The summed E-state index contributed by atoms with van der Waals surface area (Å²) in [6.45, 7) is 4.21. The zero-order valence-corrected chi connectivity index (χ0v) is 19.7. The van der Waals surface area contributed by atoms with E-state index < -0.39 is 10.0 Å². The van der Waals surface area contributed by atoms with Gasteiger partial charge in [-0.15, -0.1) is 11.3 Å². The molecule has 1 aliphatic heterocycles. The Bertz CT molecular complexity index is 1010. The number of thiophene rings is 1. The molecule has 1 N–H and O–H groups in total. The topological polar surface area (TPSA) is 105 Å². The molecule has 2 aliphatic rings. The van der Waals surface area contributed by atoms with Gasteiger partial charge in [0.05, 0.1) is 9.77 Å². The molecule has 0 atom stereocenters. The zero-order chi connectivity index (χ0) is 22.0. The van der Waals surface area contributed by atoms with E-state index in [-0.39, 0.29) is 22.8 Å². The Kier molecular flexibility index (Phi) is 6.78. The molecular formula is C21H30N4O4S2. The molecule has 3 heterocycles. The van der Waals surface area contributed by atoms with Crippen LogP contribution in [0.4, 0.5) is 0 Å². The number of carbonyl (C=O) groups excluding carboxylic acids is 1. The number of hydrogen-bond donors (Lipinski definition) is 1. The molecule has 0 spiro atoms. The maximum atomic E-state index is 13.3. The first-order valence-electron chi connectivity index (χ1n) is 11.1. The number of nitrogens with zero attached hydrogens (tertiary/aromatic N) is 3. The lowest BCUT2D eigenvalue weighted by atomic mass is 9.96. The number of nitrogens with one attached hydrogen (secondary N) is 1. The van der Waals surface area contributed by atoms with E-state index in [2.05, 4.69) is 15.5 Å². The summed E-state index contributed by atoms with van der Waals surface area (Å²) in [4.78, 5) is 18.6. The molecule has 4 rings (SSSR count). The van der Waals surface area contributed by atoms with Crippen LogP contribution in [0.25, 0.3) is 10.7 Å². The fourth-order valence-corrected chi connectivity index (χ4v) is 7.43. The van der Waals surface area contributed by atoms with Gasteiger partial charge in [0.1, 0.15) is 0 Å². The lowest BCUT2D eigenvalue weighted by Gasteiger charge is -2.31. The van der Waals surface area contributed by atoms with E-state index in [4.69, 9.17) is 4.52 Å². The van der Waals surface area contributed by atoms with Crippen molar-refractivity contribution in [2.75, 3.05) is 13.1 Å². The predicted octanol–water partition coefficient (Wildman–Crippen LogP) is 3.65. The van der Waals surface area contributed by atoms with Crippen LogP contribution in [0.15, 0.2) is 15.5 Å². The molecule has 1 saturated carbocycles. The second-order valence-electron chi connectivity index (χ2n) is 8.54. The molecule has 8 nitrogen and oxygen atoms in total. The van der Waals surface area contributed by atoms with Crippen molar-refractivity contribution < 1.29 is 17.7 Å². The van der Waals surface area contributed by atoms with Crippen molar-refractivity contribution in [2.24, 2.45) is 5.92 Å². The summed E-state index contributed by atoms with van der Waals surface area (Å²) < 4.78 is 33.0. The molecule has 2 aromatic rings.